The minimum absolute atomic E-state index is 0.0527. The Labute approximate surface area is 204 Å². The molecule has 0 saturated heterocycles. The summed E-state index contributed by atoms with van der Waals surface area (Å²) in [6, 6.07) is 20.2. The van der Waals surface area contributed by atoms with Crippen LogP contribution in [0.15, 0.2) is 89.1 Å². The van der Waals surface area contributed by atoms with Crippen LogP contribution in [-0.2, 0) is 16.0 Å². The molecule has 0 atom stereocenters. The van der Waals surface area contributed by atoms with E-state index in [0.717, 1.165) is 5.56 Å². The second kappa shape index (κ2) is 12.3. The number of carbonyl (C=O) groups excluding carboxylic acids is 2. The third-order valence-electron chi connectivity index (χ3n) is 4.85. The zero-order chi connectivity index (χ0) is 25.9. The van der Waals surface area contributed by atoms with Gasteiger partial charge >= 0.3 is 0 Å². The predicted octanol–water partition coefficient (Wildman–Crippen LogP) is 2.96. The van der Waals surface area contributed by atoms with Crippen molar-refractivity contribution in [3.63, 3.8) is 0 Å². The average Bonchev–Trinajstić information content (AvgIpc) is 2.88. The zero-order valence-corrected chi connectivity index (χ0v) is 18.7. The summed E-state index contributed by atoms with van der Waals surface area (Å²) >= 11 is 0. The Balaban J connectivity index is 1.71. The van der Waals surface area contributed by atoms with Crippen LogP contribution in [0.5, 0.6) is 0 Å². The fourth-order valence-electron chi connectivity index (χ4n) is 3.09. The average molecular weight is 488 g/mol. The number of hydrogen-bond acceptors (Lipinski definition) is 8. The molecule has 0 radical (unpaired) electrons. The molecule has 0 spiro atoms. The molecular weight excluding hydrogens is 468 g/mol. The molecule has 0 saturated carbocycles. The quantitative estimate of drug-likeness (QED) is 0.192. The Morgan fingerprint density at radius 2 is 1.22 bits per heavy atom. The van der Waals surface area contributed by atoms with Crippen molar-refractivity contribution in [3.05, 3.63) is 116 Å². The molecule has 0 aromatic heterocycles. The van der Waals surface area contributed by atoms with E-state index in [0.29, 0.717) is 11.1 Å². The topological polar surface area (TPSA) is 169 Å². The maximum Gasteiger partial charge on any atom is 0.270 e. The molecule has 0 fully saturated rings. The van der Waals surface area contributed by atoms with Crippen LogP contribution in [0.1, 0.15) is 16.7 Å². The van der Waals surface area contributed by atoms with Gasteiger partial charge < -0.3 is 0 Å². The number of amides is 2. The Morgan fingerprint density at radius 1 is 0.750 bits per heavy atom. The maximum atomic E-state index is 12.8. The van der Waals surface area contributed by atoms with Gasteiger partial charge in [-0.15, -0.1) is 0 Å². The molecule has 0 heterocycles. The fraction of sp³-hybridized carbons (Fsp3) is 0.0833. The van der Waals surface area contributed by atoms with Crippen molar-refractivity contribution in [3.8, 4) is 0 Å². The van der Waals surface area contributed by atoms with Gasteiger partial charge in [0.15, 0.2) is 0 Å². The molecule has 3 aromatic rings. The van der Waals surface area contributed by atoms with Crippen molar-refractivity contribution >= 4 is 35.6 Å². The molecule has 3 rings (SSSR count). The van der Waals surface area contributed by atoms with E-state index < -0.39 is 27.6 Å². The summed E-state index contributed by atoms with van der Waals surface area (Å²) in [4.78, 5) is 46.3. The number of hydrogen-bond donors (Lipinski definition) is 2. The lowest BCUT2D eigenvalue weighted by Crippen LogP contribution is -2.39. The highest BCUT2D eigenvalue weighted by atomic mass is 16.6. The minimum Gasteiger partial charge on any atom is -0.272 e. The fourth-order valence-corrected chi connectivity index (χ4v) is 3.09. The lowest BCUT2D eigenvalue weighted by atomic mass is 9.98. The Morgan fingerprint density at radius 3 is 1.67 bits per heavy atom. The Kier molecular flexibility index (Phi) is 8.65. The van der Waals surface area contributed by atoms with Crippen molar-refractivity contribution in [2.45, 2.75) is 6.42 Å². The molecule has 0 aliphatic carbocycles. The third-order valence-corrected chi connectivity index (χ3v) is 4.85. The van der Waals surface area contributed by atoms with Crippen molar-refractivity contribution in [1.29, 1.82) is 0 Å². The van der Waals surface area contributed by atoms with Gasteiger partial charge in [0.2, 0.25) is 0 Å². The monoisotopic (exact) mass is 488 g/mol. The smallest absolute Gasteiger partial charge is 0.270 e. The van der Waals surface area contributed by atoms with Crippen molar-refractivity contribution < 1.29 is 19.4 Å². The first-order valence-corrected chi connectivity index (χ1v) is 10.5. The number of benzene rings is 3. The number of nitro benzene ring substituents is 2. The lowest BCUT2D eigenvalue weighted by Gasteiger charge is -2.13. The molecule has 12 heteroatoms. The molecule has 2 amide bonds. The SMILES string of the molecule is O=C(N/N=C/c1cccc([N+](=O)[O-])c1)C(Cc1ccccc1)C(=O)N/N=C/c1cccc([N+](=O)[O-])c1. The molecule has 0 aliphatic rings. The number of rotatable bonds is 10. The minimum atomic E-state index is -1.21. The summed E-state index contributed by atoms with van der Waals surface area (Å²) in [5.41, 5.74) is 5.79. The summed E-state index contributed by atoms with van der Waals surface area (Å²) in [7, 11) is 0. The number of non-ortho nitro benzene ring substituents is 2. The summed E-state index contributed by atoms with van der Waals surface area (Å²) in [5.74, 6) is -2.65. The molecule has 0 aliphatic heterocycles. The predicted molar refractivity (Wildman–Crippen MR) is 131 cm³/mol. The van der Waals surface area contributed by atoms with Crippen LogP contribution in [0.4, 0.5) is 11.4 Å². The van der Waals surface area contributed by atoms with Crippen LogP contribution in [0.2, 0.25) is 0 Å². The van der Waals surface area contributed by atoms with E-state index >= 15 is 0 Å². The van der Waals surface area contributed by atoms with Crippen LogP contribution in [-0.4, -0.2) is 34.1 Å². The van der Waals surface area contributed by atoms with Crippen molar-refractivity contribution in [2.24, 2.45) is 16.1 Å². The maximum absolute atomic E-state index is 12.8. The molecule has 12 nitrogen and oxygen atoms in total. The first-order valence-electron chi connectivity index (χ1n) is 10.5. The van der Waals surface area contributed by atoms with Gasteiger partial charge in [-0.25, -0.2) is 10.9 Å². The summed E-state index contributed by atoms with van der Waals surface area (Å²) in [6.45, 7) is 0. The van der Waals surface area contributed by atoms with Crippen LogP contribution in [0.25, 0.3) is 0 Å². The van der Waals surface area contributed by atoms with E-state index in [4.69, 9.17) is 0 Å². The van der Waals surface area contributed by atoms with Crippen LogP contribution in [0.3, 0.4) is 0 Å². The lowest BCUT2D eigenvalue weighted by molar-refractivity contribution is -0.385. The van der Waals surface area contributed by atoms with Gasteiger partial charge in [0, 0.05) is 35.4 Å². The second-order valence-electron chi connectivity index (χ2n) is 7.42. The molecule has 0 bridgehead atoms. The Bertz CT molecular complexity index is 1240. The standard InChI is InChI=1S/C24H20N6O6/c31-23(27-25-15-18-8-4-10-20(12-18)29(33)34)22(14-17-6-2-1-3-7-17)24(32)28-26-16-19-9-5-11-21(13-19)30(35)36/h1-13,15-16,22H,14H2,(H,27,31)(H,28,32)/b25-15+,26-16+. The van der Waals surface area contributed by atoms with E-state index in [1.807, 2.05) is 0 Å². The number of hydrazone groups is 2. The number of carbonyl (C=O) groups is 2. The van der Waals surface area contributed by atoms with Gasteiger partial charge in [0.1, 0.15) is 5.92 Å². The van der Waals surface area contributed by atoms with E-state index in [9.17, 15) is 29.8 Å². The molecule has 3 aromatic carbocycles. The second-order valence-corrected chi connectivity index (χ2v) is 7.42. The highest BCUT2D eigenvalue weighted by molar-refractivity contribution is 6.01. The summed E-state index contributed by atoms with van der Waals surface area (Å²) in [6.07, 6.45) is 2.50. The molecule has 2 N–H and O–H groups in total. The van der Waals surface area contributed by atoms with Crippen molar-refractivity contribution in [1.82, 2.24) is 10.9 Å². The first kappa shape index (κ1) is 25.4. The first-order chi connectivity index (χ1) is 17.3. The van der Waals surface area contributed by atoms with Crippen LogP contribution in [0, 0.1) is 26.1 Å². The highest BCUT2D eigenvalue weighted by Crippen LogP contribution is 2.13. The van der Waals surface area contributed by atoms with E-state index in [1.54, 1.807) is 42.5 Å². The van der Waals surface area contributed by atoms with Gasteiger partial charge in [0.25, 0.3) is 23.2 Å². The highest BCUT2D eigenvalue weighted by Gasteiger charge is 2.27. The number of nitrogens with one attached hydrogen (secondary N) is 2. The van der Waals surface area contributed by atoms with Gasteiger partial charge in [-0.3, -0.25) is 29.8 Å². The van der Waals surface area contributed by atoms with Gasteiger partial charge in [-0.1, -0.05) is 54.6 Å². The molecule has 182 valence electrons. The molecular formula is C24H20N6O6. The number of nitrogens with zero attached hydrogens (tertiary/aromatic N) is 4. The van der Waals surface area contributed by atoms with Gasteiger partial charge in [-0.05, 0) is 12.0 Å². The van der Waals surface area contributed by atoms with Crippen LogP contribution < -0.4 is 10.9 Å². The van der Waals surface area contributed by atoms with Crippen molar-refractivity contribution in [2.75, 3.05) is 0 Å². The van der Waals surface area contributed by atoms with E-state index in [2.05, 4.69) is 21.1 Å². The zero-order valence-electron chi connectivity index (χ0n) is 18.7. The third kappa shape index (κ3) is 7.38. The molecule has 0 unspecified atom stereocenters. The normalized spacial score (nSPS) is 11.0. The summed E-state index contributed by atoms with van der Waals surface area (Å²) < 4.78 is 0. The van der Waals surface area contributed by atoms with E-state index in [1.165, 1.54) is 48.8 Å². The number of nitro groups is 2. The Hall–Kier alpha value is -5.26. The summed E-state index contributed by atoms with van der Waals surface area (Å²) in [5, 5.41) is 29.4. The largest absolute Gasteiger partial charge is 0.272 e. The van der Waals surface area contributed by atoms with Gasteiger partial charge in [-0.2, -0.15) is 10.2 Å². The van der Waals surface area contributed by atoms with E-state index in [-0.39, 0.29) is 17.8 Å². The van der Waals surface area contributed by atoms with Gasteiger partial charge in [0.05, 0.1) is 22.3 Å². The molecule has 36 heavy (non-hydrogen) atoms. The van der Waals surface area contributed by atoms with Crippen LogP contribution >= 0.6 is 0 Å².